The predicted molar refractivity (Wildman–Crippen MR) is 137 cm³/mol. The molecule has 0 bridgehead atoms. The van der Waals surface area contributed by atoms with Crippen molar-refractivity contribution in [3.8, 4) is 11.5 Å². The molecule has 36 heavy (non-hydrogen) atoms. The van der Waals surface area contributed by atoms with E-state index in [0.717, 1.165) is 19.6 Å². The Morgan fingerprint density at radius 1 is 0.972 bits per heavy atom. The summed E-state index contributed by atoms with van der Waals surface area (Å²) in [5.74, 6) is -1.19. The van der Waals surface area contributed by atoms with Crippen molar-refractivity contribution >= 4 is 17.4 Å². The Hall–Kier alpha value is -3.39. The highest BCUT2D eigenvalue weighted by Crippen LogP contribution is 2.42. The van der Waals surface area contributed by atoms with Crippen LogP contribution in [0.3, 0.4) is 0 Å². The predicted octanol–water partition coefficient (Wildman–Crippen LogP) is 4.78. The third kappa shape index (κ3) is 5.87. The molecule has 1 aliphatic rings. The minimum atomic E-state index is -0.818. The van der Waals surface area contributed by atoms with Crippen LogP contribution < -0.4 is 9.47 Å². The topological polar surface area (TPSA) is 79.3 Å². The first-order valence-corrected chi connectivity index (χ1v) is 12.5. The van der Waals surface area contributed by atoms with Crippen molar-refractivity contribution in [2.45, 2.75) is 40.2 Å². The average molecular weight is 499 g/mol. The van der Waals surface area contributed by atoms with Crippen LogP contribution in [0.15, 0.2) is 48.0 Å². The van der Waals surface area contributed by atoms with Crippen molar-refractivity contribution in [2.75, 3.05) is 39.4 Å². The van der Waals surface area contributed by atoms with Crippen LogP contribution in [0.2, 0.25) is 0 Å². The van der Waals surface area contributed by atoms with Crippen LogP contribution in [-0.2, 0) is 9.59 Å². The molecule has 0 spiro atoms. The molecule has 1 saturated heterocycles. The second kappa shape index (κ2) is 12.5. The summed E-state index contributed by atoms with van der Waals surface area (Å²) in [6.45, 7) is 11.6. The van der Waals surface area contributed by atoms with Gasteiger partial charge in [-0.05, 0) is 81.9 Å². The van der Waals surface area contributed by atoms with E-state index in [2.05, 4.69) is 18.7 Å². The van der Waals surface area contributed by atoms with Gasteiger partial charge in [0.2, 0.25) is 0 Å². The van der Waals surface area contributed by atoms with Gasteiger partial charge in [0, 0.05) is 12.1 Å². The van der Waals surface area contributed by atoms with Gasteiger partial charge in [0.05, 0.1) is 24.8 Å². The third-order valence-corrected chi connectivity index (χ3v) is 6.31. The SMILES string of the molecule is CCOc1ccc(C2/C(=C(/O)c3ccc(F)cc3)C(=O)C(=O)N2CCCN(CC)CC)cc1OCC. The van der Waals surface area contributed by atoms with E-state index in [1.807, 2.05) is 13.8 Å². The number of aliphatic hydroxyl groups is 1. The van der Waals surface area contributed by atoms with Crippen LogP contribution >= 0.6 is 0 Å². The number of aliphatic hydroxyl groups excluding tert-OH is 1. The van der Waals surface area contributed by atoms with E-state index in [1.165, 1.54) is 29.2 Å². The Balaban J connectivity index is 2.09. The summed E-state index contributed by atoms with van der Waals surface area (Å²) in [6.07, 6.45) is 0.664. The molecule has 1 heterocycles. The van der Waals surface area contributed by atoms with Crippen molar-refractivity contribution in [1.29, 1.82) is 0 Å². The minimum Gasteiger partial charge on any atom is -0.507 e. The summed E-state index contributed by atoms with van der Waals surface area (Å²) in [5.41, 5.74) is 0.854. The maximum atomic E-state index is 13.5. The maximum absolute atomic E-state index is 13.5. The number of carbonyl (C=O) groups excluding carboxylic acids is 2. The Bertz CT molecular complexity index is 1100. The zero-order chi connectivity index (χ0) is 26.2. The molecular weight excluding hydrogens is 463 g/mol. The molecule has 3 rings (SSSR count). The van der Waals surface area contributed by atoms with E-state index >= 15 is 0 Å². The van der Waals surface area contributed by atoms with Crippen molar-refractivity contribution in [3.63, 3.8) is 0 Å². The number of hydrogen-bond acceptors (Lipinski definition) is 6. The summed E-state index contributed by atoms with van der Waals surface area (Å²) < 4.78 is 24.9. The van der Waals surface area contributed by atoms with Gasteiger partial charge >= 0.3 is 0 Å². The van der Waals surface area contributed by atoms with Crippen molar-refractivity contribution in [3.05, 3.63) is 65.0 Å². The summed E-state index contributed by atoms with van der Waals surface area (Å²) in [5, 5.41) is 11.1. The fourth-order valence-corrected chi connectivity index (χ4v) is 4.46. The Morgan fingerprint density at radius 2 is 1.61 bits per heavy atom. The number of ketones is 1. The first-order valence-electron chi connectivity index (χ1n) is 12.5. The second-order valence-corrected chi connectivity index (χ2v) is 8.45. The zero-order valence-corrected chi connectivity index (χ0v) is 21.4. The van der Waals surface area contributed by atoms with Crippen LogP contribution in [0.4, 0.5) is 4.39 Å². The van der Waals surface area contributed by atoms with Gasteiger partial charge in [-0.15, -0.1) is 0 Å². The number of ether oxygens (including phenoxy) is 2. The molecule has 1 unspecified atom stereocenters. The molecule has 2 aromatic rings. The molecule has 0 radical (unpaired) electrons. The van der Waals surface area contributed by atoms with Crippen molar-refractivity contribution in [2.24, 2.45) is 0 Å². The molecule has 1 N–H and O–H groups in total. The van der Waals surface area contributed by atoms with Crippen LogP contribution in [0.25, 0.3) is 5.76 Å². The standard InChI is InChI=1S/C28H35FN2O5/c1-5-30(6-2)16-9-17-31-25(20-12-15-22(35-7-3)23(18-20)36-8-4)24(27(33)28(31)34)26(32)19-10-13-21(29)14-11-19/h10-15,18,25,32H,5-9,16-17H2,1-4H3/b26-24-. The molecule has 1 atom stereocenters. The number of amides is 1. The van der Waals surface area contributed by atoms with E-state index in [4.69, 9.17) is 9.47 Å². The van der Waals surface area contributed by atoms with Crippen LogP contribution in [0, 0.1) is 5.82 Å². The number of carbonyl (C=O) groups is 2. The van der Waals surface area contributed by atoms with Gasteiger partial charge in [0.1, 0.15) is 11.6 Å². The zero-order valence-electron chi connectivity index (χ0n) is 21.4. The van der Waals surface area contributed by atoms with Gasteiger partial charge in [-0.1, -0.05) is 19.9 Å². The lowest BCUT2D eigenvalue weighted by Crippen LogP contribution is -2.33. The van der Waals surface area contributed by atoms with E-state index < -0.39 is 23.5 Å². The fraction of sp³-hybridized carbons (Fsp3) is 0.429. The molecular formula is C28H35FN2O5. The molecule has 1 aliphatic heterocycles. The van der Waals surface area contributed by atoms with Crippen molar-refractivity contribution in [1.82, 2.24) is 9.80 Å². The van der Waals surface area contributed by atoms with Crippen LogP contribution in [0.1, 0.15) is 51.3 Å². The summed E-state index contributed by atoms with van der Waals surface area (Å²) >= 11 is 0. The van der Waals surface area contributed by atoms with Gasteiger partial charge in [0.25, 0.3) is 11.7 Å². The largest absolute Gasteiger partial charge is 0.507 e. The smallest absolute Gasteiger partial charge is 0.295 e. The summed E-state index contributed by atoms with van der Waals surface area (Å²) in [6, 6.07) is 9.64. The third-order valence-electron chi connectivity index (χ3n) is 6.31. The number of Topliss-reactive ketones (excluding diaryl/α,β-unsaturated/α-hetero) is 1. The van der Waals surface area contributed by atoms with Gasteiger partial charge in [-0.25, -0.2) is 4.39 Å². The first-order chi connectivity index (χ1) is 17.4. The molecule has 8 heteroatoms. The number of benzene rings is 2. The molecule has 2 aromatic carbocycles. The summed E-state index contributed by atoms with van der Waals surface area (Å²) in [7, 11) is 0. The van der Waals surface area contributed by atoms with E-state index in [-0.39, 0.29) is 16.9 Å². The average Bonchev–Trinajstić information content (AvgIpc) is 3.13. The number of likely N-dealkylation sites (tertiary alicyclic amines) is 1. The van der Waals surface area contributed by atoms with Gasteiger partial charge in [-0.3, -0.25) is 9.59 Å². The Kier molecular flexibility index (Phi) is 9.47. The van der Waals surface area contributed by atoms with E-state index in [9.17, 15) is 19.1 Å². The van der Waals surface area contributed by atoms with Gasteiger partial charge in [0.15, 0.2) is 11.5 Å². The molecule has 0 saturated carbocycles. The lowest BCUT2D eigenvalue weighted by Gasteiger charge is -2.27. The molecule has 1 fully saturated rings. The maximum Gasteiger partial charge on any atom is 0.295 e. The Labute approximate surface area is 212 Å². The second-order valence-electron chi connectivity index (χ2n) is 8.45. The number of rotatable bonds is 12. The van der Waals surface area contributed by atoms with Crippen LogP contribution in [0.5, 0.6) is 11.5 Å². The molecule has 0 aromatic heterocycles. The van der Waals surface area contributed by atoms with E-state index in [0.29, 0.717) is 43.2 Å². The number of halogens is 1. The minimum absolute atomic E-state index is 0.0268. The number of hydrogen-bond donors (Lipinski definition) is 1. The highest BCUT2D eigenvalue weighted by Gasteiger charge is 2.46. The Morgan fingerprint density at radius 3 is 2.22 bits per heavy atom. The molecule has 1 amide bonds. The number of nitrogens with zero attached hydrogens (tertiary/aromatic N) is 2. The highest BCUT2D eigenvalue weighted by atomic mass is 19.1. The highest BCUT2D eigenvalue weighted by molar-refractivity contribution is 6.46. The first kappa shape index (κ1) is 27.2. The monoisotopic (exact) mass is 498 g/mol. The normalized spacial score (nSPS) is 17.2. The van der Waals surface area contributed by atoms with Crippen molar-refractivity contribution < 1.29 is 28.6 Å². The lowest BCUT2D eigenvalue weighted by molar-refractivity contribution is -0.140. The molecule has 7 nitrogen and oxygen atoms in total. The quantitative estimate of drug-likeness (QED) is 0.258. The van der Waals surface area contributed by atoms with Gasteiger partial charge in [-0.2, -0.15) is 0 Å². The molecule has 194 valence electrons. The van der Waals surface area contributed by atoms with Gasteiger partial charge < -0.3 is 24.4 Å². The lowest BCUT2D eigenvalue weighted by atomic mass is 9.95. The molecule has 0 aliphatic carbocycles. The summed E-state index contributed by atoms with van der Waals surface area (Å²) in [4.78, 5) is 30.2. The van der Waals surface area contributed by atoms with Crippen LogP contribution in [-0.4, -0.2) is 66.0 Å². The fourth-order valence-electron chi connectivity index (χ4n) is 4.46. The van der Waals surface area contributed by atoms with E-state index in [1.54, 1.807) is 18.2 Å².